The first kappa shape index (κ1) is 15.9. The zero-order chi connectivity index (χ0) is 15.6. The van der Waals surface area contributed by atoms with Crippen LogP contribution in [-0.2, 0) is 0 Å². The van der Waals surface area contributed by atoms with Crippen molar-refractivity contribution in [1.82, 2.24) is 5.32 Å². The largest absolute Gasteiger partial charge is 0.478 e. The van der Waals surface area contributed by atoms with Crippen LogP contribution >= 0.6 is 23.2 Å². The van der Waals surface area contributed by atoms with Gasteiger partial charge in [0.15, 0.2) is 0 Å². The molecule has 1 aliphatic rings. The lowest BCUT2D eigenvalue weighted by Crippen LogP contribution is -2.42. The summed E-state index contributed by atoms with van der Waals surface area (Å²) in [5.74, 6) is -0.621. The lowest BCUT2D eigenvalue weighted by molar-refractivity contribution is 0.0697. The Morgan fingerprint density at radius 2 is 1.86 bits per heavy atom. The highest BCUT2D eigenvalue weighted by molar-refractivity contribution is 6.40. The average molecular weight is 331 g/mol. The van der Waals surface area contributed by atoms with Gasteiger partial charge in [-0.25, -0.2) is 9.59 Å². The number of hydrogen-bond acceptors (Lipinski definition) is 2. The fourth-order valence-corrected chi connectivity index (χ4v) is 2.81. The number of nitrogens with one attached hydrogen (secondary N) is 2. The monoisotopic (exact) mass is 330 g/mol. The third-order valence-electron chi connectivity index (χ3n) is 3.74. The van der Waals surface area contributed by atoms with E-state index >= 15 is 0 Å². The van der Waals surface area contributed by atoms with E-state index in [1.165, 1.54) is 18.6 Å². The maximum absolute atomic E-state index is 11.9. The van der Waals surface area contributed by atoms with Gasteiger partial charge in [0.2, 0.25) is 0 Å². The molecule has 1 fully saturated rings. The summed E-state index contributed by atoms with van der Waals surface area (Å²) in [6, 6.07) is 2.18. The molecule has 0 spiro atoms. The molecule has 114 valence electrons. The Kier molecular flexibility index (Phi) is 4.96. The van der Waals surface area contributed by atoms with E-state index in [0.29, 0.717) is 5.92 Å². The molecule has 0 radical (unpaired) electrons. The summed E-state index contributed by atoms with van der Waals surface area (Å²) in [5.41, 5.74) is 0.181. The van der Waals surface area contributed by atoms with Crippen molar-refractivity contribution in [1.29, 1.82) is 0 Å². The van der Waals surface area contributed by atoms with Crippen molar-refractivity contribution in [2.75, 3.05) is 5.32 Å². The molecule has 0 bridgehead atoms. The summed E-state index contributed by atoms with van der Waals surface area (Å²) in [6.45, 7) is 1.96. The summed E-state index contributed by atoms with van der Waals surface area (Å²) in [6.07, 6.45) is 3.44. The molecule has 7 heteroatoms. The number of carbonyl (C=O) groups excluding carboxylic acids is 1. The molecule has 0 saturated heterocycles. The fraction of sp³-hybridized carbons (Fsp3) is 0.429. The standard InChI is InChI=1S/C14H16Cl2N2O3/c1-7(8-3-2-4-8)17-14(21)18-12-10(15)5-9(13(19)20)6-11(12)16/h5-8H,2-4H2,1H3,(H,19,20)(H2,17,18,21). The summed E-state index contributed by atoms with van der Waals surface area (Å²) in [7, 11) is 0. The number of urea groups is 1. The van der Waals surface area contributed by atoms with Gasteiger partial charge < -0.3 is 15.7 Å². The number of carboxylic acids is 1. The Labute approximate surface area is 132 Å². The maximum atomic E-state index is 11.9. The predicted octanol–water partition coefficient (Wildman–Crippen LogP) is 4.00. The number of hydrogen-bond donors (Lipinski definition) is 3. The van der Waals surface area contributed by atoms with Crippen LogP contribution in [0.1, 0.15) is 36.5 Å². The number of aromatic carboxylic acids is 1. The minimum absolute atomic E-state index is 0.0289. The normalized spacial score (nSPS) is 16.0. The second-order valence-corrected chi connectivity index (χ2v) is 6.01. The number of carbonyl (C=O) groups is 2. The highest BCUT2D eigenvalue weighted by atomic mass is 35.5. The summed E-state index contributed by atoms with van der Waals surface area (Å²) in [5, 5.41) is 14.5. The maximum Gasteiger partial charge on any atom is 0.335 e. The van der Waals surface area contributed by atoms with E-state index in [4.69, 9.17) is 28.3 Å². The van der Waals surface area contributed by atoms with E-state index in [2.05, 4.69) is 10.6 Å². The molecule has 2 rings (SSSR count). The Bertz CT molecular complexity index is 550. The number of amides is 2. The highest BCUT2D eigenvalue weighted by Gasteiger charge is 2.25. The Balaban J connectivity index is 2.04. The third-order valence-corrected chi connectivity index (χ3v) is 4.34. The van der Waals surface area contributed by atoms with E-state index in [1.807, 2.05) is 6.92 Å². The van der Waals surface area contributed by atoms with Gasteiger partial charge in [-0.05, 0) is 37.8 Å². The van der Waals surface area contributed by atoms with Crippen molar-refractivity contribution in [2.45, 2.75) is 32.2 Å². The quantitative estimate of drug-likeness (QED) is 0.780. The van der Waals surface area contributed by atoms with Crippen LogP contribution in [-0.4, -0.2) is 23.1 Å². The Morgan fingerprint density at radius 1 is 1.29 bits per heavy atom. The molecule has 5 nitrogen and oxygen atoms in total. The van der Waals surface area contributed by atoms with Crippen molar-refractivity contribution in [3.8, 4) is 0 Å². The van der Waals surface area contributed by atoms with E-state index in [1.54, 1.807) is 0 Å². The fourth-order valence-electron chi connectivity index (χ4n) is 2.23. The number of anilines is 1. The topological polar surface area (TPSA) is 78.4 Å². The van der Waals surface area contributed by atoms with Gasteiger partial charge in [0.05, 0.1) is 21.3 Å². The summed E-state index contributed by atoms with van der Waals surface area (Å²) in [4.78, 5) is 22.8. The van der Waals surface area contributed by atoms with Gasteiger partial charge in [0.25, 0.3) is 0 Å². The molecule has 1 aromatic carbocycles. The first-order valence-corrected chi connectivity index (χ1v) is 7.44. The molecule has 0 heterocycles. The van der Waals surface area contributed by atoms with E-state index in [9.17, 15) is 9.59 Å². The van der Waals surface area contributed by atoms with Crippen LogP contribution in [0.4, 0.5) is 10.5 Å². The van der Waals surface area contributed by atoms with Crippen molar-refractivity contribution >= 4 is 40.9 Å². The predicted molar refractivity (Wildman–Crippen MR) is 82.4 cm³/mol. The van der Waals surface area contributed by atoms with Crippen LogP contribution in [0.2, 0.25) is 10.0 Å². The summed E-state index contributed by atoms with van der Waals surface area (Å²) >= 11 is 11.9. The van der Waals surface area contributed by atoms with E-state index in [0.717, 1.165) is 12.8 Å². The molecule has 3 N–H and O–H groups in total. The number of benzene rings is 1. The molecule has 1 aliphatic carbocycles. The van der Waals surface area contributed by atoms with Crippen molar-refractivity contribution < 1.29 is 14.7 Å². The molecule has 0 aliphatic heterocycles. The van der Waals surface area contributed by atoms with Crippen LogP contribution in [0.5, 0.6) is 0 Å². The zero-order valence-electron chi connectivity index (χ0n) is 11.5. The Morgan fingerprint density at radius 3 is 2.29 bits per heavy atom. The zero-order valence-corrected chi connectivity index (χ0v) is 13.0. The van der Waals surface area contributed by atoms with Crippen molar-refractivity contribution in [3.05, 3.63) is 27.7 Å². The number of rotatable bonds is 4. The van der Waals surface area contributed by atoms with E-state index in [-0.39, 0.29) is 27.3 Å². The summed E-state index contributed by atoms with van der Waals surface area (Å²) < 4.78 is 0. The number of halogens is 2. The first-order chi connectivity index (χ1) is 9.88. The second-order valence-electron chi connectivity index (χ2n) is 5.20. The molecular formula is C14H16Cl2N2O3. The van der Waals surface area contributed by atoms with Gasteiger partial charge in [-0.15, -0.1) is 0 Å². The van der Waals surface area contributed by atoms with Gasteiger partial charge in [-0.1, -0.05) is 29.6 Å². The minimum Gasteiger partial charge on any atom is -0.478 e. The smallest absolute Gasteiger partial charge is 0.335 e. The van der Waals surface area contributed by atoms with Crippen LogP contribution in [0.25, 0.3) is 0 Å². The first-order valence-electron chi connectivity index (χ1n) is 6.68. The minimum atomic E-state index is -1.13. The molecule has 1 unspecified atom stereocenters. The molecule has 1 aromatic rings. The van der Waals surface area contributed by atoms with Crippen molar-refractivity contribution in [3.63, 3.8) is 0 Å². The van der Waals surface area contributed by atoms with Gasteiger partial charge in [0.1, 0.15) is 0 Å². The molecule has 2 amide bonds. The van der Waals surface area contributed by atoms with Crippen molar-refractivity contribution in [2.24, 2.45) is 5.92 Å². The third kappa shape index (κ3) is 3.80. The molecular weight excluding hydrogens is 315 g/mol. The molecule has 21 heavy (non-hydrogen) atoms. The Hall–Kier alpha value is -1.46. The highest BCUT2D eigenvalue weighted by Crippen LogP contribution is 2.32. The van der Waals surface area contributed by atoms with Gasteiger partial charge in [-0.2, -0.15) is 0 Å². The van der Waals surface area contributed by atoms with Gasteiger partial charge in [-0.3, -0.25) is 0 Å². The van der Waals surface area contributed by atoms with Gasteiger partial charge >= 0.3 is 12.0 Å². The molecule has 1 atom stereocenters. The van der Waals surface area contributed by atoms with Crippen LogP contribution in [0.15, 0.2) is 12.1 Å². The number of carboxylic acid groups (broad SMARTS) is 1. The van der Waals surface area contributed by atoms with Crippen LogP contribution < -0.4 is 10.6 Å². The second kappa shape index (κ2) is 6.54. The average Bonchev–Trinajstić information content (AvgIpc) is 2.30. The lowest BCUT2D eigenvalue weighted by atomic mass is 9.80. The lowest BCUT2D eigenvalue weighted by Gasteiger charge is -2.31. The van der Waals surface area contributed by atoms with Crippen LogP contribution in [0.3, 0.4) is 0 Å². The SMILES string of the molecule is CC(NC(=O)Nc1c(Cl)cc(C(=O)O)cc1Cl)C1CCC1. The van der Waals surface area contributed by atoms with E-state index < -0.39 is 12.0 Å². The molecule has 0 aromatic heterocycles. The molecule has 1 saturated carbocycles. The van der Waals surface area contributed by atoms with Gasteiger partial charge in [0, 0.05) is 6.04 Å². The van der Waals surface area contributed by atoms with Crippen LogP contribution in [0, 0.1) is 5.92 Å².